The van der Waals surface area contributed by atoms with Crippen molar-refractivity contribution in [1.82, 2.24) is 0 Å². The zero-order valence-electron chi connectivity index (χ0n) is 18.9. The summed E-state index contributed by atoms with van der Waals surface area (Å²) in [5.41, 5.74) is 0. The van der Waals surface area contributed by atoms with Crippen LogP contribution in [0.2, 0.25) is 0 Å². The molecule has 0 radical (unpaired) electrons. The Balaban J connectivity index is 1.63. The Bertz CT molecular complexity index is 900. The lowest BCUT2D eigenvalue weighted by Crippen LogP contribution is -1.98. The molecule has 0 N–H and O–H groups in total. The van der Waals surface area contributed by atoms with Crippen molar-refractivity contribution in [3.05, 3.63) is 48.5 Å². The SMILES string of the molecule is CCCCCCCCOc1cccc2c1ccc1cc(OCCCCCC)ccc12. The van der Waals surface area contributed by atoms with Gasteiger partial charge in [0.15, 0.2) is 0 Å². The van der Waals surface area contributed by atoms with Crippen LogP contribution in [0.3, 0.4) is 0 Å². The van der Waals surface area contributed by atoms with Crippen molar-refractivity contribution in [1.29, 1.82) is 0 Å². The van der Waals surface area contributed by atoms with Gasteiger partial charge in [-0.2, -0.15) is 0 Å². The summed E-state index contributed by atoms with van der Waals surface area (Å²) in [7, 11) is 0. The molecule has 0 bridgehead atoms. The molecule has 3 aromatic carbocycles. The van der Waals surface area contributed by atoms with Crippen LogP contribution in [0.5, 0.6) is 11.5 Å². The van der Waals surface area contributed by atoms with Gasteiger partial charge in [-0.1, -0.05) is 95.5 Å². The van der Waals surface area contributed by atoms with Crippen LogP contribution in [0.4, 0.5) is 0 Å². The van der Waals surface area contributed by atoms with Gasteiger partial charge in [-0.25, -0.2) is 0 Å². The van der Waals surface area contributed by atoms with Gasteiger partial charge in [-0.05, 0) is 47.2 Å². The van der Waals surface area contributed by atoms with Gasteiger partial charge in [-0.3, -0.25) is 0 Å². The highest BCUT2D eigenvalue weighted by Crippen LogP contribution is 2.33. The van der Waals surface area contributed by atoms with E-state index in [1.54, 1.807) is 0 Å². The van der Waals surface area contributed by atoms with Gasteiger partial charge in [0, 0.05) is 5.39 Å². The number of ether oxygens (including phenoxy) is 2. The molecule has 0 aliphatic carbocycles. The van der Waals surface area contributed by atoms with Crippen molar-refractivity contribution in [2.75, 3.05) is 13.2 Å². The first-order valence-electron chi connectivity index (χ1n) is 12.0. The standard InChI is InChI=1S/C28H38O2/c1-3-5-7-9-10-12-21-30-28-15-13-14-26-25-19-17-24(29-20-11-8-6-4-2)22-23(25)16-18-27(26)28/h13-19,22H,3-12,20-21H2,1-2H3. The maximum absolute atomic E-state index is 6.16. The number of unbranched alkanes of at least 4 members (excludes halogenated alkanes) is 8. The van der Waals surface area contributed by atoms with Crippen LogP contribution < -0.4 is 9.47 Å². The minimum absolute atomic E-state index is 0.800. The summed E-state index contributed by atoms with van der Waals surface area (Å²) in [6.07, 6.45) is 12.6. The maximum atomic E-state index is 6.16. The molecule has 2 nitrogen and oxygen atoms in total. The highest BCUT2D eigenvalue weighted by molar-refractivity contribution is 6.09. The first kappa shape index (κ1) is 22.5. The van der Waals surface area contributed by atoms with E-state index in [0.717, 1.165) is 37.6 Å². The summed E-state index contributed by atoms with van der Waals surface area (Å²) < 4.78 is 12.1. The fraction of sp³-hybridized carbons (Fsp3) is 0.500. The van der Waals surface area contributed by atoms with Crippen LogP contribution in [0.15, 0.2) is 48.5 Å². The average Bonchev–Trinajstić information content (AvgIpc) is 2.78. The molecule has 0 spiro atoms. The molecule has 0 unspecified atom stereocenters. The molecule has 0 atom stereocenters. The number of fused-ring (bicyclic) bond motifs is 3. The van der Waals surface area contributed by atoms with Gasteiger partial charge in [0.2, 0.25) is 0 Å². The Kier molecular flexibility index (Phi) is 9.34. The third-order valence-corrected chi connectivity index (χ3v) is 5.83. The molecule has 0 aliphatic heterocycles. The van der Waals surface area contributed by atoms with Crippen LogP contribution in [0.1, 0.15) is 78.1 Å². The first-order chi connectivity index (χ1) is 14.8. The Hall–Kier alpha value is -2.22. The molecule has 0 aromatic heterocycles. The highest BCUT2D eigenvalue weighted by atomic mass is 16.5. The molecule has 3 rings (SSSR count). The number of benzene rings is 3. The van der Waals surface area contributed by atoms with Gasteiger partial charge >= 0.3 is 0 Å². The smallest absolute Gasteiger partial charge is 0.127 e. The van der Waals surface area contributed by atoms with Crippen molar-refractivity contribution < 1.29 is 9.47 Å². The molecule has 0 fully saturated rings. The van der Waals surface area contributed by atoms with E-state index in [9.17, 15) is 0 Å². The molecule has 0 amide bonds. The van der Waals surface area contributed by atoms with Crippen molar-refractivity contribution in [2.45, 2.75) is 78.1 Å². The molecule has 3 aromatic rings. The summed E-state index contributed by atoms with van der Waals surface area (Å²) in [6.45, 7) is 6.10. The lowest BCUT2D eigenvalue weighted by atomic mass is 10.0. The quantitative estimate of drug-likeness (QED) is 0.197. The molecular weight excluding hydrogens is 368 g/mol. The summed E-state index contributed by atoms with van der Waals surface area (Å²) in [5.74, 6) is 1.97. The van der Waals surface area contributed by atoms with Crippen molar-refractivity contribution in [2.24, 2.45) is 0 Å². The topological polar surface area (TPSA) is 18.5 Å². The predicted octanol–water partition coefficient (Wildman–Crippen LogP) is 8.69. The van der Waals surface area contributed by atoms with Crippen LogP contribution in [0.25, 0.3) is 21.5 Å². The number of hydrogen-bond acceptors (Lipinski definition) is 2. The summed E-state index contributed by atoms with van der Waals surface area (Å²) in [4.78, 5) is 0. The molecule has 30 heavy (non-hydrogen) atoms. The Labute approximate surface area is 182 Å². The molecule has 0 saturated carbocycles. The Morgan fingerprint density at radius 3 is 2.03 bits per heavy atom. The van der Waals surface area contributed by atoms with E-state index in [2.05, 4.69) is 62.4 Å². The lowest BCUT2D eigenvalue weighted by molar-refractivity contribution is 0.305. The zero-order chi connectivity index (χ0) is 21.0. The normalized spacial score (nSPS) is 11.3. The van der Waals surface area contributed by atoms with Crippen molar-refractivity contribution >= 4 is 21.5 Å². The van der Waals surface area contributed by atoms with E-state index in [0.29, 0.717) is 0 Å². The second-order valence-corrected chi connectivity index (χ2v) is 8.33. The molecule has 2 heteroatoms. The zero-order valence-corrected chi connectivity index (χ0v) is 18.9. The minimum Gasteiger partial charge on any atom is -0.494 e. The average molecular weight is 407 g/mol. The van der Waals surface area contributed by atoms with Gasteiger partial charge in [0.25, 0.3) is 0 Å². The maximum Gasteiger partial charge on any atom is 0.127 e. The van der Waals surface area contributed by atoms with Gasteiger partial charge in [-0.15, -0.1) is 0 Å². The van der Waals surface area contributed by atoms with E-state index in [4.69, 9.17) is 9.47 Å². The van der Waals surface area contributed by atoms with Gasteiger partial charge in [0.1, 0.15) is 11.5 Å². The van der Waals surface area contributed by atoms with Crippen molar-refractivity contribution in [3.63, 3.8) is 0 Å². The van der Waals surface area contributed by atoms with E-state index in [1.165, 1.54) is 72.9 Å². The third-order valence-electron chi connectivity index (χ3n) is 5.83. The summed E-state index contributed by atoms with van der Waals surface area (Å²) >= 11 is 0. The number of hydrogen-bond donors (Lipinski definition) is 0. The minimum atomic E-state index is 0.800. The Morgan fingerprint density at radius 1 is 0.567 bits per heavy atom. The number of rotatable bonds is 14. The highest BCUT2D eigenvalue weighted by Gasteiger charge is 2.07. The molecule has 0 aliphatic rings. The van der Waals surface area contributed by atoms with E-state index in [1.807, 2.05) is 0 Å². The first-order valence-corrected chi connectivity index (χ1v) is 12.0. The van der Waals surface area contributed by atoms with E-state index >= 15 is 0 Å². The summed E-state index contributed by atoms with van der Waals surface area (Å²) in [5, 5.41) is 4.93. The molecular formula is C28H38O2. The summed E-state index contributed by atoms with van der Waals surface area (Å²) in [6, 6.07) is 17.2. The second-order valence-electron chi connectivity index (χ2n) is 8.33. The van der Waals surface area contributed by atoms with Crippen molar-refractivity contribution in [3.8, 4) is 11.5 Å². The monoisotopic (exact) mass is 406 g/mol. The fourth-order valence-electron chi connectivity index (χ4n) is 4.05. The predicted molar refractivity (Wildman–Crippen MR) is 130 cm³/mol. The lowest BCUT2D eigenvalue weighted by Gasteiger charge is -2.12. The van der Waals surface area contributed by atoms with Crippen LogP contribution in [-0.4, -0.2) is 13.2 Å². The second kappa shape index (κ2) is 12.5. The Morgan fingerprint density at radius 2 is 1.23 bits per heavy atom. The van der Waals surface area contributed by atoms with Crippen LogP contribution >= 0.6 is 0 Å². The molecule has 162 valence electrons. The largest absolute Gasteiger partial charge is 0.494 e. The van der Waals surface area contributed by atoms with E-state index < -0.39 is 0 Å². The molecule has 0 saturated heterocycles. The van der Waals surface area contributed by atoms with Gasteiger partial charge < -0.3 is 9.47 Å². The van der Waals surface area contributed by atoms with Crippen LogP contribution in [0, 0.1) is 0 Å². The van der Waals surface area contributed by atoms with E-state index in [-0.39, 0.29) is 0 Å². The fourth-order valence-corrected chi connectivity index (χ4v) is 4.05. The third kappa shape index (κ3) is 6.39. The molecule has 0 heterocycles. The van der Waals surface area contributed by atoms with Crippen LogP contribution in [-0.2, 0) is 0 Å². The van der Waals surface area contributed by atoms with Gasteiger partial charge in [0.05, 0.1) is 13.2 Å².